The van der Waals surface area contributed by atoms with Crippen molar-refractivity contribution in [3.05, 3.63) is 77.5 Å². The molecule has 27 heavy (non-hydrogen) atoms. The molecule has 4 rings (SSSR count). The number of hydrogen-bond donors (Lipinski definition) is 0. The van der Waals surface area contributed by atoms with Crippen molar-refractivity contribution in [2.45, 2.75) is 20.8 Å². The molecule has 0 atom stereocenters. The molecule has 0 aliphatic carbocycles. The molecule has 0 aliphatic rings. The lowest BCUT2D eigenvalue weighted by Crippen LogP contribution is -2.02. The summed E-state index contributed by atoms with van der Waals surface area (Å²) in [6.07, 6.45) is 0. The Bertz CT molecular complexity index is 1150. The zero-order valence-corrected chi connectivity index (χ0v) is 16.1. The fraction of sp³-hybridized carbons (Fsp3) is 0.174. The minimum absolute atomic E-state index is 0.849. The molecule has 0 amide bonds. The Hall–Kier alpha value is -3.27. The molecule has 0 saturated carbocycles. The summed E-state index contributed by atoms with van der Waals surface area (Å²) in [6, 6.07) is 20.4. The van der Waals surface area contributed by atoms with Crippen molar-refractivity contribution in [1.29, 1.82) is 0 Å². The number of rotatable bonds is 3. The number of para-hydroxylation sites is 3. The summed E-state index contributed by atoms with van der Waals surface area (Å²) >= 11 is 0. The van der Waals surface area contributed by atoms with Crippen LogP contribution in [-0.4, -0.2) is 20.2 Å². The van der Waals surface area contributed by atoms with Crippen molar-refractivity contribution in [2.75, 3.05) is 0 Å². The van der Waals surface area contributed by atoms with Crippen LogP contribution in [0.3, 0.4) is 0 Å². The van der Waals surface area contributed by atoms with E-state index in [-0.39, 0.29) is 0 Å². The number of nitrogens with zero attached hydrogens (tertiary/aromatic N) is 4. The first-order chi connectivity index (χ1) is 13.0. The number of fused-ring (bicyclic) bond motifs is 1. The van der Waals surface area contributed by atoms with E-state index in [1.165, 1.54) is 11.1 Å². The van der Waals surface area contributed by atoms with Gasteiger partial charge in [0.2, 0.25) is 0 Å². The van der Waals surface area contributed by atoms with E-state index in [9.17, 15) is 0 Å². The number of aromatic nitrogens is 3. The second kappa shape index (κ2) is 6.80. The van der Waals surface area contributed by atoms with Gasteiger partial charge in [0.15, 0.2) is 5.82 Å². The topological polar surface area (TPSA) is 43.1 Å². The van der Waals surface area contributed by atoms with Crippen molar-refractivity contribution < 1.29 is 0 Å². The molecule has 134 valence electrons. The Morgan fingerprint density at radius 1 is 0.852 bits per heavy atom. The van der Waals surface area contributed by atoms with Crippen LogP contribution in [0.1, 0.15) is 23.7 Å². The van der Waals surface area contributed by atoms with Crippen LogP contribution < -0.4 is 0 Å². The third kappa shape index (κ3) is 3.14. The van der Waals surface area contributed by atoms with Crippen LogP contribution in [0.5, 0.6) is 0 Å². The Kier molecular flexibility index (Phi) is 4.32. The molecule has 2 heterocycles. The van der Waals surface area contributed by atoms with Gasteiger partial charge in [-0.15, -0.1) is 0 Å². The molecule has 0 unspecified atom stereocenters. The minimum Gasteiger partial charge on any atom is -0.326 e. The molecule has 2 aromatic carbocycles. The molecule has 0 saturated heterocycles. The molecule has 0 N–H and O–H groups in total. The number of aryl methyl sites for hydroxylation is 3. The Labute approximate surface area is 159 Å². The molecule has 0 radical (unpaired) electrons. The maximum atomic E-state index is 4.86. The van der Waals surface area contributed by atoms with Crippen LogP contribution in [0.2, 0.25) is 0 Å². The first-order valence-electron chi connectivity index (χ1n) is 9.05. The minimum atomic E-state index is 0.849. The van der Waals surface area contributed by atoms with Crippen molar-refractivity contribution in [2.24, 2.45) is 12.0 Å². The van der Waals surface area contributed by atoms with Crippen LogP contribution >= 0.6 is 0 Å². The fourth-order valence-corrected chi connectivity index (χ4v) is 3.34. The Morgan fingerprint density at radius 2 is 1.56 bits per heavy atom. The molecule has 0 spiro atoms. The predicted molar refractivity (Wildman–Crippen MR) is 112 cm³/mol. The van der Waals surface area contributed by atoms with Crippen LogP contribution in [0.25, 0.3) is 22.6 Å². The number of hydrogen-bond acceptors (Lipinski definition) is 3. The van der Waals surface area contributed by atoms with E-state index < -0.39 is 0 Å². The number of benzene rings is 2. The second-order valence-electron chi connectivity index (χ2n) is 6.83. The molecule has 0 bridgehead atoms. The standard InChI is InChI=1S/C23H22N4/c1-15-9-7-10-16(2)22(15)24-17(3)18-12-8-13-20(25-18)23-26-19-11-5-6-14-21(19)27(23)4/h5-14H,1-4H3. The lowest BCUT2D eigenvalue weighted by atomic mass is 10.1. The molecule has 0 fully saturated rings. The quantitative estimate of drug-likeness (QED) is 0.463. The van der Waals surface area contributed by atoms with E-state index >= 15 is 0 Å². The lowest BCUT2D eigenvalue weighted by Gasteiger charge is -2.08. The van der Waals surface area contributed by atoms with Gasteiger partial charge in [0.05, 0.1) is 28.1 Å². The summed E-state index contributed by atoms with van der Waals surface area (Å²) in [5.41, 5.74) is 8.04. The molecule has 4 nitrogen and oxygen atoms in total. The van der Waals surface area contributed by atoms with Gasteiger partial charge in [-0.05, 0) is 56.2 Å². The van der Waals surface area contributed by atoms with Crippen LogP contribution in [0.15, 0.2) is 65.7 Å². The van der Waals surface area contributed by atoms with Crippen LogP contribution in [0.4, 0.5) is 5.69 Å². The Balaban J connectivity index is 1.78. The lowest BCUT2D eigenvalue weighted by molar-refractivity contribution is 0.949. The van der Waals surface area contributed by atoms with Gasteiger partial charge in [0, 0.05) is 7.05 Å². The summed E-state index contributed by atoms with van der Waals surface area (Å²) in [5.74, 6) is 0.859. The first kappa shape index (κ1) is 17.2. The summed E-state index contributed by atoms with van der Waals surface area (Å²) < 4.78 is 2.08. The van der Waals surface area contributed by atoms with E-state index in [4.69, 9.17) is 15.0 Å². The molecule has 2 aromatic heterocycles. The smallest absolute Gasteiger partial charge is 0.159 e. The van der Waals surface area contributed by atoms with Gasteiger partial charge >= 0.3 is 0 Å². The highest BCUT2D eigenvalue weighted by molar-refractivity contribution is 5.99. The van der Waals surface area contributed by atoms with Crippen molar-refractivity contribution in [3.63, 3.8) is 0 Å². The third-order valence-electron chi connectivity index (χ3n) is 4.86. The summed E-state index contributed by atoms with van der Waals surface area (Å²) in [4.78, 5) is 14.5. The van der Waals surface area contributed by atoms with E-state index in [1.54, 1.807) is 0 Å². The van der Waals surface area contributed by atoms with E-state index in [1.807, 2.05) is 50.4 Å². The van der Waals surface area contributed by atoms with Gasteiger partial charge < -0.3 is 4.57 Å². The van der Waals surface area contributed by atoms with E-state index in [0.717, 1.165) is 39.6 Å². The van der Waals surface area contributed by atoms with Crippen LogP contribution in [-0.2, 0) is 7.05 Å². The summed E-state index contributed by atoms with van der Waals surface area (Å²) in [5, 5.41) is 0. The van der Waals surface area contributed by atoms with Crippen molar-refractivity contribution in [1.82, 2.24) is 14.5 Å². The highest BCUT2D eigenvalue weighted by atomic mass is 15.1. The second-order valence-corrected chi connectivity index (χ2v) is 6.83. The normalized spacial score (nSPS) is 11.9. The number of pyridine rings is 1. The third-order valence-corrected chi connectivity index (χ3v) is 4.86. The van der Waals surface area contributed by atoms with Gasteiger partial charge in [0.25, 0.3) is 0 Å². The molecular formula is C23H22N4. The maximum absolute atomic E-state index is 4.86. The highest BCUT2D eigenvalue weighted by Gasteiger charge is 2.12. The predicted octanol–water partition coefficient (Wildman–Crippen LogP) is 5.39. The van der Waals surface area contributed by atoms with Crippen LogP contribution in [0, 0.1) is 13.8 Å². The van der Waals surface area contributed by atoms with Crippen molar-refractivity contribution >= 4 is 22.4 Å². The molecule has 4 heteroatoms. The first-order valence-corrected chi connectivity index (χ1v) is 9.05. The summed E-state index contributed by atoms with van der Waals surface area (Å²) in [7, 11) is 2.02. The number of aliphatic imine (C=N–C) groups is 1. The number of imidazole rings is 1. The SMILES string of the molecule is CC(=Nc1c(C)cccc1C)c1cccc(-c2nc3ccccc3n2C)n1. The average molecular weight is 354 g/mol. The molecular weight excluding hydrogens is 332 g/mol. The van der Waals surface area contributed by atoms with Gasteiger partial charge in [-0.2, -0.15) is 0 Å². The van der Waals surface area contributed by atoms with Gasteiger partial charge in [-0.3, -0.25) is 4.99 Å². The van der Waals surface area contributed by atoms with Gasteiger partial charge in [0.1, 0.15) is 5.69 Å². The summed E-state index contributed by atoms with van der Waals surface area (Å²) in [6.45, 7) is 6.18. The van der Waals surface area contributed by atoms with E-state index in [0.29, 0.717) is 0 Å². The zero-order chi connectivity index (χ0) is 19.0. The van der Waals surface area contributed by atoms with E-state index in [2.05, 4.69) is 42.7 Å². The van der Waals surface area contributed by atoms with Gasteiger partial charge in [-0.25, -0.2) is 9.97 Å². The Morgan fingerprint density at radius 3 is 2.30 bits per heavy atom. The largest absolute Gasteiger partial charge is 0.326 e. The maximum Gasteiger partial charge on any atom is 0.159 e. The highest BCUT2D eigenvalue weighted by Crippen LogP contribution is 2.25. The average Bonchev–Trinajstić information content (AvgIpc) is 3.02. The van der Waals surface area contributed by atoms with Crippen molar-refractivity contribution in [3.8, 4) is 11.5 Å². The fourth-order valence-electron chi connectivity index (χ4n) is 3.34. The zero-order valence-electron chi connectivity index (χ0n) is 16.1. The van der Waals surface area contributed by atoms with Gasteiger partial charge in [-0.1, -0.05) is 36.4 Å². The molecule has 4 aromatic rings. The monoisotopic (exact) mass is 354 g/mol. The molecule has 0 aliphatic heterocycles.